The van der Waals surface area contributed by atoms with Gasteiger partial charge in [-0.1, -0.05) is 12.1 Å². The van der Waals surface area contributed by atoms with E-state index in [1.54, 1.807) is 26.4 Å². The van der Waals surface area contributed by atoms with Crippen LogP contribution in [-0.2, 0) is 22.4 Å². The second-order valence-electron chi connectivity index (χ2n) is 6.18. The van der Waals surface area contributed by atoms with Crippen molar-refractivity contribution in [2.75, 3.05) is 27.3 Å². The summed E-state index contributed by atoms with van der Waals surface area (Å²) in [5.41, 5.74) is 1.79. The Morgan fingerprint density at radius 3 is 2.36 bits per heavy atom. The molecule has 0 aliphatic rings. The van der Waals surface area contributed by atoms with Crippen LogP contribution in [0.1, 0.15) is 17.5 Å². The van der Waals surface area contributed by atoms with Crippen molar-refractivity contribution in [1.29, 1.82) is 0 Å². The predicted molar refractivity (Wildman–Crippen MR) is 104 cm³/mol. The van der Waals surface area contributed by atoms with Gasteiger partial charge >= 0.3 is 0 Å². The van der Waals surface area contributed by atoms with Crippen LogP contribution >= 0.6 is 0 Å². The zero-order valence-electron chi connectivity index (χ0n) is 16.1. The van der Waals surface area contributed by atoms with Crippen LogP contribution < -0.4 is 20.1 Å². The monoisotopic (exact) mass is 388 g/mol. The summed E-state index contributed by atoms with van der Waals surface area (Å²) in [6, 6.07) is 11.5. The Labute approximate surface area is 164 Å². The zero-order valence-corrected chi connectivity index (χ0v) is 16.1. The van der Waals surface area contributed by atoms with E-state index < -0.39 is 0 Å². The maximum Gasteiger partial charge on any atom is 0.239 e. The molecule has 0 aliphatic heterocycles. The van der Waals surface area contributed by atoms with Crippen molar-refractivity contribution >= 4 is 11.8 Å². The standard InChI is InChI=1S/C21H25FN2O4/c1-27-18-8-9-19(28-2)16(13-18)11-12-23-21(26)14-24-20(25)10-5-15-3-6-17(22)7-4-15/h3-4,6-9,13H,5,10-12,14H2,1-2H3,(H,23,26)(H,24,25). The SMILES string of the molecule is COc1ccc(OC)c(CCNC(=O)CNC(=O)CCc2ccc(F)cc2)c1. The van der Waals surface area contributed by atoms with Crippen LogP contribution in [0.2, 0.25) is 0 Å². The Morgan fingerprint density at radius 1 is 0.929 bits per heavy atom. The lowest BCUT2D eigenvalue weighted by atomic mass is 10.1. The molecule has 0 saturated heterocycles. The summed E-state index contributed by atoms with van der Waals surface area (Å²) < 4.78 is 23.4. The van der Waals surface area contributed by atoms with Gasteiger partial charge in [-0.25, -0.2) is 4.39 Å². The van der Waals surface area contributed by atoms with E-state index in [-0.39, 0.29) is 30.6 Å². The highest BCUT2D eigenvalue weighted by Crippen LogP contribution is 2.24. The topological polar surface area (TPSA) is 76.7 Å². The van der Waals surface area contributed by atoms with Crippen molar-refractivity contribution in [1.82, 2.24) is 10.6 Å². The molecular formula is C21H25FN2O4. The fourth-order valence-electron chi connectivity index (χ4n) is 2.65. The molecule has 2 N–H and O–H groups in total. The third kappa shape index (κ3) is 6.90. The van der Waals surface area contributed by atoms with E-state index in [9.17, 15) is 14.0 Å². The number of ether oxygens (including phenoxy) is 2. The van der Waals surface area contributed by atoms with Gasteiger partial charge in [-0.15, -0.1) is 0 Å². The van der Waals surface area contributed by atoms with E-state index in [2.05, 4.69) is 10.6 Å². The number of carbonyl (C=O) groups is 2. The van der Waals surface area contributed by atoms with Gasteiger partial charge in [-0.2, -0.15) is 0 Å². The molecule has 2 aromatic carbocycles. The maximum absolute atomic E-state index is 12.8. The number of aryl methyl sites for hydroxylation is 1. The summed E-state index contributed by atoms with van der Waals surface area (Å²) in [6.45, 7) is 0.325. The summed E-state index contributed by atoms with van der Waals surface area (Å²) >= 11 is 0. The van der Waals surface area contributed by atoms with Gasteiger partial charge in [0.25, 0.3) is 0 Å². The average Bonchev–Trinajstić information content (AvgIpc) is 2.71. The Balaban J connectivity index is 1.68. The summed E-state index contributed by atoms with van der Waals surface area (Å²) in [4.78, 5) is 23.7. The van der Waals surface area contributed by atoms with E-state index in [0.717, 1.165) is 22.6 Å². The highest BCUT2D eigenvalue weighted by Gasteiger charge is 2.08. The quantitative estimate of drug-likeness (QED) is 0.655. The molecule has 2 aromatic rings. The normalized spacial score (nSPS) is 10.2. The zero-order chi connectivity index (χ0) is 20.4. The van der Waals surface area contributed by atoms with E-state index in [0.29, 0.717) is 19.4 Å². The second kappa shape index (κ2) is 10.9. The van der Waals surface area contributed by atoms with Crippen molar-refractivity contribution in [3.05, 3.63) is 59.4 Å². The van der Waals surface area contributed by atoms with Gasteiger partial charge < -0.3 is 20.1 Å². The van der Waals surface area contributed by atoms with Gasteiger partial charge in [-0.05, 0) is 54.3 Å². The second-order valence-corrected chi connectivity index (χ2v) is 6.18. The Hall–Kier alpha value is -3.09. The molecule has 0 saturated carbocycles. The fraction of sp³-hybridized carbons (Fsp3) is 0.333. The number of methoxy groups -OCH3 is 2. The minimum absolute atomic E-state index is 0.0858. The predicted octanol–water partition coefficient (Wildman–Crippen LogP) is 2.25. The van der Waals surface area contributed by atoms with Crippen molar-refractivity contribution in [2.24, 2.45) is 0 Å². The lowest BCUT2D eigenvalue weighted by Crippen LogP contribution is -2.37. The molecule has 0 aromatic heterocycles. The first-order chi connectivity index (χ1) is 13.5. The van der Waals surface area contributed by atoms with Gasteiger partial charge in [0, 0.05) is 13.0 Å². The van der Waals surface area contributed by atoms with Crippen LogP contribution in [0, 0.1) is 5.82 Å². The molecule has 0 aliphatic carbocycles. The summed E-state index contributed by atoms with van der Waals surface area (Å²) in [7, 11) is 3.18. The highest BCUT2D eigenvalue weighted by atomic mass is 19.1. The van der Waals surface area contributed by atoms with Crippen LogP contribution in [0.3, 0.4) is 0 Å². The Kier molecular flexibility index (Phi) is 8.27. The van der Waals surface area contributed by atoms with Gasteiger partial charge in [0.15, 0.2) is 0 Å². The molecule has 0 radical (unpaired) electrons. The van der Waals surface area contributed by atoms with E-state index >= 15 is 0 Å². The van der Waals surface area contributed by atoms with Crippen LogP contribution in [0.5, 0.6) is 11.5 Å². The molecule has 0 fully saturated rings. The number of carbonyl (C=O) groups excluding carboxylic acids is 2. The first-order valence-corrected chi connectivity index (χ1v) is 9.00. The fourth-order valence-corrected chi connectivity index (χ4v) is 2.65. The van der Waals surface area contributed by atoms with Gasteiger partial charge in [0.1, 0.15) is 17.3 Å². The van der Waals surface area contributed by atoms with Crippen molar-refractivity contribution < 1.29 is 23.5 Å². The number of nitrogens with one attached hydrogen (secondary N) is 2. The van der Waals surface area contributed by atoms with Crippen LogP contribution in [0.15, 0.2) is 42.5 Å². The Morgan fingerprint density at radius 2 is 1.68 bits per heavy atom. The number of halogens is 1. The number of rotatable bonds is 10. The van der Waals surface area contributed by atoms with Gasteiger partial charge in [0.05, 0.1) is 20.8 Å². The molecule has 0 heterocycles. The molecule has 7 heteroatoms. The van der Waals surface area contributed by atoms with Gasteiger partial charge in [-0.3, -0.25) is 9.59 Å². The number of hydrogen-bond donors (Lipinski definition) is 2. The van der Waals surface area contributed by atoms with E-state index in [4.69, 9.17) is 9.47 Å². The van der Waals surface area contributed by atoms with Crippen LogP contribution in [-0.4, -0.2) is 39.1 Å². The number of benzene rings is 2. The molecule has 2 rings (SSSR count). The molecule has 0 unspecified atom stereocenters. The third-order valence-electron chi connectivity index (χ3n) is 4.20. The Bertz CT molecular complexity index is 793. The van der Waals surface area contributed by atoms with Crippen LogP contribution in [0.25, 0.3) is 0 Å². The summed E-state index contributed by atoms with van der Waals surface area (Å²) in [6.07, 6.45) is 1.30. The highest BCUT2D eigenvalue weighted by molar-refractivity contribution is 5.84. The summed E-state index contributed by atoms with van der Waals surface area (Å²) in [5.74, 6) is 0.641. The molecular weight excluding hydrogens is 363 g/mol. The molecule has 0 spiro atoms. The molecule has 28 heavy (non-hydrogen) atoms. The van der Waals surface area contributed by atoms with Crippen LogP contribution in [0.4, 0.5) is 4.39 Å². The third-order valence-corrected chi connectivity index (χ3v) is 4.20. The first-order valence-electron chi connectivity index (χ1n) is 9.00. The first kappa shape index (κ1) is 21.2. The average molecular weight is 388 g/mol. The molecule has 0 bridgehead atoms. The molecule has 2 amide bonds. The lowest BCUT2D eigenvalue weighted by Gasteiger charge is -2.11. The molecule has 0 atom stereocenters. The lowest BCUT2D eigenvalue weighted by molar-refractivity contribution is -0.126. The summed E-state index contributed by atoms with van der Waals surface area (Å²) in [5, 5.41) is 5.35. The molecule has 150 valence electrons. The largest absolute Gasteiger partial charge is 0.497 e. The minimum atomic E-state index is -0.309. The van der Waals surface area contributed by atoms with Crippen molar-refractivity contribution in [2.45, 2.75) is 19.3 Å². The number of amides is 2. The smallest absolute Gasteiger partial charge is 0.239 e. The van der Waals surface area contributed by atoms with E-state index in [1.165, 1.54) is 12.1 Å². The minimum Gasteiger partial charge on any atom is -0.497 e. The van der Waals surface area contributed by atoms with Crippen molar-refractivity contribution in [3.63, 3.8) is 0 Å². The van der Waals surface area contributed by atoms with Gasteiger partial charge in [0.2, 0.25) is 11.8 Å². The molecule has 6 nitrogen and oxygen atoms in total. The van der Waals surface area contributed by atoms with E-state index in [1.807, 2.05) is 18.2 Å². The van der Waals surface area contributed by atoms with Crippen molar-refractivity contribution in [3.8, 4) is 11.5 Å². The number of hydrogen-bond acceptors (Lipinski definition) is 4. The maximum atomic E-state index is 12.8.